The standard InChI is InChI=1S/C5H8F4.2C2H6.2CH4/c1-3-5(8,9)4(2,6)7;2*1-2;;/h3H2,1-2H3;2*1-2H3;2*1H4. The molecular formula is C11H28F4. The van der Waals surface area contributed by atoms with Crippen molar-refractivity contribution in [2.24, 2.45) is 0 Å². The van der Waals surface area contributed by atoms with Gasteiger partial charge in [0.15, 0.2) is 0 Å². The van der Waals surface area contributed by atoms with Gasteiger partial charge >= 0.3 is 11.8 Å². The van der Waals surface area contributed by atoms with E-state index in [1.54, 1.807) is 0 Å². The molecule has 0 aliphatic heterocycles. The van der Waals surface area contributed by atoms with Crippen LogP contribution in [0.4, 0.5) is 17.6 Å². The first-order chi connectivity index (χ1) is 5.81. The van der Waals surface area contributed by atoms with Crippen LogP contribution in [0.25, 0.3) is 0 Å². The lowest BCUT2D eigenvalue weighted by atomic mass is 10.1. The number of hydrogen-bond acceptors (Lipinski definition) is 0. The zero-order chi connectivity index (χ0) is 11.7. The summed E-state index contributed by atoms with van der Waals surface area (Å²) >= 11 is 0. The highest BCUT2D eigenvalue weighted by molar-refractivity contribution is 4.78. The van der Waals surface area contributed by atoms with Gasteiger partial charge in [-0.15, -0.1) is 0 Å². The molecule has 0 N–H and O–H groups in total. The topological polar surface area (TPSA) is 0 Å². The molecule has 4 heteroatoms. The van der Waals surface area contributed by atoms with Crippen LogP contribution in [-0.2, 0) is 0 Å². The Morgan fingerprint density at radius 1 is 0.800 bits per heavy atom. The first-order valence-corrected chi connectivity index (χ1v) is 4.57. The Morgan fingerprint density at radius 3 is 1.00 bits per heavy atom. The lowest BCUT2D eigenvalue weighted by molar-refractivity contribution is -0.198. The Bertz CT molecular complexity index is 95.3. The molecule has 0 saturated carbocycles. The third-order valence-electron chi connectivity index (χ3n) is 1.09. The summed E-state index contributed by atoms with van der Waals surface area (Å²) in [5.41, 5.74) is 0. The zero-order valence-corrected chi connectivity index (χ0v) is 9.22. The van der Waals surface area contributed by atoms with Gasteiger partial charge < -0.3 is 0 Å². The van der Waals surface area contributed by atoms with Gasteiger partial charge in [0.1, 0.15) is 0 Å². The first-order valence-electron chi connectivity index (χ1n) is 4.57. The summed E-state index contributed by atoms with van der Waals surface area (Å²) in [5.74, 6) is -7.74. The minimum Gasteiger partial charge on any atom is -0.200 e. The van der Waals surface area contributed by atoms with Crippen molar-refractivity contribution in [2.75, 3.05) is 0 Å². The average molecular weight is 236 g/mol. The molecule has 0 aliphatic carbocycles. The molecule has 0 amide bonds. The molecule has 0 bridgehead atoms. The van der Waals surface area contributed by atoms with E-state index in [9.17, 15) is 17.6 Å². The second-order valence-corrected chi connectivity index (χ2v) is 1.95. The van der Waals surface area contributed by atoms with Crippen molar-refractivity contribution in [3.63, 3.8) is 0 Å². The van der Waals surface area contributed by atoms with Gasteiger partial charge in [-0.1, -0.05) is 49.5 Å². The molecule has 0 radical (unpaired) electrons. The van der Waals surface area contributed by atoms with Crippen molar-refractivity contribution >= 4 is 0 Å². The van der Waals surface area contributed by atoms with E-state index >= 15 is 0 Å². The molecule has 0 fully saturated rings. The Labute approximate surface area is 93.1 Å². The van der Waals surface area contributed by atoms with E-state index in [1.807, 2.05) is 27.7 Å². The van der Waals surface area contributed by atoms with Crippen molar-refractivity contribution < 1.29 is 17.6 Å². The lowest BCUT2D eigenvalue weighted by Gasteiger charge is -2.20. The third kappa shape index (κ3) is 13.7. The van der Waals surface area contributed by atoms with Gasteiger partial charge in [0.25, 0.3) is 0 Å². The van der Waals surface area contributed by atoms with Gasteiger partial charge in [-0.25, -0.2) is 8.78 Å². The molecule has 0 aromatic heterocycles. The van der Waals surface area contributed by atoms with Crippen LogP contribution in [0.3, 0.4) is 0 Å². The fourth-order valence-corrected chi connectivity index (χ4v) is 0.310. The van der Waals surface area contributed by atoms with Crippen LogP contribution in [0.1, 0.15) is 62.8 Å². The Morgan fingerprint density at radius 2 is 1.00 bits per heavy atom. The van der Waals surface area contributed by atoms with Gasteiger partial charge in [-0.2, -0.15) is 8.78 Å². The molecular weight excluding hydrogens is 208 g/mol. The number of rotatable bonds is 2. The summed E-state index contributed by atoms with van der Waals surface area (Å²) in [6.07, 6.45) is -0.823. The molecule has 0 rings (SSSR count). The third-order valence-corrected chi connectivity index (χ3v) is 1.09. The minimum atomic E-state index is -3.89. The summed E-state index contributed by atoms with van der Waals surface area (Å²) in [6, 6.07) is 0. The van der Waals surface area contributed by atoms with Crippen LogP contribution in [0.15, 0.2) is 0 Å². The van der Waals surface area contributed by atoms with Gasteiger partial charge in [-0.05, 0) is 0 Å². The van der Waals surface area contributed by atoms with Crippen molar-refractivity contribution in [3.05, 3.63) is 0 Å². The summed E-state index contributed by atoms with van der Waals surface area (Å²) in [7, 11) is 0. The van der Waals surface area contributed by atoms with Gasteiger partial charge in [0.05, 0.1) is 0 Å². The van der Waals surface area contributed by atoms with Crippen LogP contribution >= 0.6 is 0 Å². The fourth-order valence-electron chi connectivity index (χ4n) is 0.310. The number of hydrogen-bond donors (Lipinski definition) is 0. The van der Waals surface area contributed by atoms with Gasteiger partial charge in [-0.3, -0.25) is 0 Å². The van der Waals surface area contributed by atoms with Gasteiger partial charge in [0.2, 0.25) is 0 Å². The van der Waals surface area contributed by atoms with E-state index < -0.39 is 18.3 Å². The predicted molar refractivity (Wildman–Crippen MR) is 62.0 cm³/mol. The minimum absolute atomic E-state index is 0. The highest BCUT2D eigenvalue weighted by Crippen LogP contribution is 2.35. The smallest absolute Gasteiger partial charge is 0.200 e. The molecule has 0 heterocycles. The highest BCUT2D eigenvalue weighted by Gasteiger charge is 2.50. The zero-order valence-electron chi connectivity index (χ0n) is 9.22. The summed E-state index contributed by atoms with van der Waals surface area (Å²) in [6.45, 7) is 9.24. The summed E-state index contributed by atoms with van der Waals surface area (Å²) in [5, 5.41) is 0. The molecule has 0 atom stereocenters. The first kappa shape index (κ1) is 29.3. The van der Waals surface area contributed by atoms with E-state index in [2.05, 4.69) is 0 Å². The SMILES string of the molecule is C.C.CC.CC.CCC(F)(F)C(C)(F)F. The maximum atomic E-state index is 11.9. The second-order valence-electron chi connectivity index (χ2n) is 1.95. The normalized spacial score (nSPS) is 9.20. The molecule has 0 saturated heterocycles. The monoisotopic (exact) mass is 236 g/mol. The maximum absolute atomic E-state index is 11.9. The van der Waals surface area contributed by atoms with E-state index in [-0.39, 0.29) is 21.8 Å². The van der Waals surface area contributed by atoms with Crippen molar-refractivity contribution in [3.8, 4) is 0 Å². The van der Waals surface area contributed by atoms with Crippen LogP contribution in [0, 0.1) is 0 Å². The quantitative estimate of drug-likeness (QED) is 0.515. The Kier molecular flexibility index (Phi) is 26.8. The van der Waals surface area contributed by atoms with Crippen LogP contribution in [-0.4, -0.2) is 11.8 Å². The largest absolute Gasteiger partial charge is 0.309 e. The highest BCUT2D eigenvalue weighted by atomic mass is 19.3. The maximum Gasteiger partial charge on any atom is 0.309 e. The Hall–Kier alpha value is -0.280. The Balaban J connectivity index is -0.0000000496. The van der Waals surface area contributed by atoms with E-state index in [0.717, 1.165) is 6.92 Å². The molecule has 100 valence electrons. The van der Waals surface area contributed by atoms with E-state index in [1.165, 1.54) is 0 Å². The lowest BCUT2D eigenvalue weighted by Crippen LogP contribution is -2.36. The summed E-state index contributed by atoms with van der Waals surface area (Å²) in [4.78, 5) is 0. The molecule has 0 aromatic rings. The van der Waals surface area contributed by atoms with Gasteiger partial charge in [0, 0.05) is 13.3 Å². The number of halogens is 4. The summed E-state index contributed by atoms with van der Waals surface area (Å²) < 4.78 is 47.3. The second kappa shape index (κ2) is 13.7. The fraction of sp³-hybridized carbons (Fsp3) is 1.00. The predicted octanol–water partition coefficient (Wildman–Crippen LogP) is 6.01. The molecule has 0 aliphatic rings. The molecule has 0 nitrogen and oxygen atoms in total. The van der Waals surface area contributed by atoms with Crippen molar-refractivity contribution in [1.29, 1.82) is 0 Å². The molecule has 0 aromatic carbocycles. The van der Waals surface area contributed by atoms with E-state index in [4.69, 9.17) is 0 Å². The number of alkyl halides is 4. The molecule has 0 spiro atoms. The van der Waals surface area contributed by atoms with Crippen LogP contribution in [0.2, 0.25) is 0 Å². The average Bonchev–Trinajstić information content (AvgIpc) is 2.10. The van der Waals surface area contributed by atoms with Crippen molar-refractivity contribution in [1.82, 2.24) is 0 Å². The van der Waals surface area contributed by atoms with Crippen molar-refractivity contribution in [2.45, 2.75) is 74.7 Å². The molecule has 15 heavy (non-hydrogen) atoms. The molecule has 0 unspecified atom stereocenters. The van der Waals surface area contributed by atoms with Crippen LogP contribution in [0.5, 0.6) is 0 Å². The van der Waals surface area contributed by atoms with Crippen LogP contribution < -0.4 is 0 Å². The van der Waals surface area contributed by atoms with E-state index in [0.29, 0.717) is 0 Å².